The second-order valence-corrected chi connectivity index (χ2v) is 6.32. The number of methoxy groups -OCH3 is 1. The highest BCUT2D eigenvalue weighted by Gasteiger charge is 2.21. The van der Waals surface area contributed by atoms with Crippen LogP contribution in [-0.4, -0.2) is 42.8 Å². The second kappa shape index (κ2) is 7.32. The molecular formula is C19H17FN6O3. The quantitative estimate of drug-likeness (QED) is 0.444. The van der Waals surface area contributed by atoms with E-state index in [0.717, 1.165) is 5.69 Å². The number of esters is 1. The van der Waals surface area contributed by atoms with Crippen LogP contribution in [0.5, 0.6) is 0 Å². The fourth-order valence-electron chi connectivity index (χ4n) is 2.90. The highest BCUT2D eigenvalue weighted by atomic mass is 19.1. The van der Waals surface area contributed by atoms with Gasteiger partial charge in [-0.3, -0.25) is 9.50 Å². The molecule has 1 aromatic carbocycles. The van der Waals surface area contributed by atoms with Crippen molar-refractivity contribution in [3.63, 3.8) is 0 Å². The van der Waals surface area contributed by atoms with E-state index in [1.165, 1.54) is 35.8 Å². The fraction of sp³-hybridized carbons (Fsp3) is 0.158. The van der Waals surface area contributed by atoms with Crippen molar-refractivity contribution in [2.75, 3.05) is 12.4 Å². The minimum atomic E-state index is -1.20. The van der Waals surface area contributed by atoms with Gasteiger partial charge in [-0.2, -0.15) is 10.1 Å². The number of aromatic nitrogens is 5. The predicted molar refractivity (Wildman–Crippen MR) is 101 cm³/mol. The van der Waals surface area contributed by atoms with Crippen LogP contribution in [0.3, 0.4) is 0 Å². The maximum Gasteiger partial charge on any atom is 0.355 e. The Morgan fingerprint density at radius 3 is 2.66 bits per heavy atom. The van der Waals surface area contributed by atoms with Crippen LogP contribution >= 0.6 is 0 Å². The van der Waals surface area contributed by atoms with Gasteiger partial charge in [0.25, 0.3) is 0 Å². The average molecular weight is 396 g/mol. The van der Waals surface area contributed by atoms with Crippen LogP contribution in [0.25, 0.3) is 5.65 Å². The summed E-state index contributed by atoms with van der Waals surface area (Å²) in [7, 11) is 1.28. The first kappa shape index (κ1) is 18.6. The van der Waals surface area contributed by atoms with Crippen molar-refractivity contribution in [1.82, 2.24) is 24.6 Å². The number of H-pyrrole nitrogens is 1. The van der Waals surface area contributed by atoms with Gasteiger partial charge in [0.15, 0.2) is 11.6 Å². The van der Waals surface area contributed by atoms with Crippen LogP contribution in [0.4, 0.5) is 16.2 Å². The van der Waals surface area contributed by atoms with Crippen molar-refractivity contribution < 1.29 is 19.0 Å². The first-order valence-corrected chi connectivity index (χ1v) is 8.66. The third-order valence-corrected chi connectivity index (χ3v) is 4.29. The number of rotatable bonds is 5. The number of hydrogen-bond acceptors (Lipinski definition) is 7. The Morgan fingerprint density at radius 2 is 2.00 bits per heavy atom. The number of aliphatic hydroxyl groups excluding tert-OH is 1. The summed E-state index contributed by atoms with van der Waals surface area (Å²) in [5, 5.41) is 20.6. The van der Waals surface area contributed by atoms with Gasteiger partial charge in [0.1, 0.15) is 23.3 Å². The highest BCUT2D eigenvalue weighted by Crippen LogP contribution is 2.24. The number of carbonyl (C=O) groups excluding carboxylic acids is 1. The number of carbonyl (C=O) groups is 1. The first-order valence-electron chi connectivity index (χ1n) is 8.66. The van der Waals surface area contributed by atoms with Crippen molar-refractivity contribution in [3.8, 4) is 0 Å². The Morgan fingerprint density at radius 1 is 1.24 bits per heavy atom. The van der Waals surface area contributed by atoms with Gasteiger partial charge in [-0.1, -0.05) is 12.1 Å². The van der Waals surface area contributed by atoms with E-state index in [9.17, 15) is 14.3 Å². The molecule has 0 saturated carbocycles. The summed E-state index contributed by atoms with van der Waals surface area (Å²) in [5.41, 5.74) is 1.83. The summed E-state index contributed by atoms with van der Waals surface area (Å²) >= 11 is 0. The molecule has 0 spiro atoms. The van der Waals surface area contributed by atoms with Gasteiger partial charge in [0.05, 0.1) is 7.11 Å². The van der Waals surface area contributed by atoms with Gasteiger partial charge in [0, 0.05) is 11.8 Å². The third-order valence-electron chi connectivity index (χ3n) is 4.29. The van der Waals surface area contributed by atoms with E-state index in [4.69, 9.17) is 4.74 Å². The van der Waals surface area contributed by atoms with Gasteiger partial charge in [-0.05, 0) is 36.8 Å². The lowest BCUT2D eigenvalue weighted by atomic mass is 10.1. The first-order chi connectivity index (χ1) is 14.0. The lowest BCUT2D eigenvalue weighted by Crippen LogP contribution is -2.14. The van der Waals surface area contributed by atoms with Crippen LogP contribution in [-0.2, 0) is 4.74 Å². The maximum atomic E-state index is 13.2. The summed E-state index contributed by atoms with van der Waals surface area (Å²) in [6.45, 7) is 1.84. The minimum absolute atomic E-state index is 0.0772. The molecule has 1 atom stereocenters. The van der Waals surface area contributed by atoms with Crippen LogP contribution < -0.4 is 5.32 Å². The van der Waals surface area contributed by atoms with Gasteiger partial charge < -0.3 is 15.2 Å². The number of aliphatic hydroxyl groups is 1. The molecule has 3 heterocycles. The molecule has 0 amide bonds. The largest absolute Gasteiger partial charge is 0.464 e. The van der Waals surface area contributed by atoms with Crippen molar-refractivity contribution in [1.29, 1.82) is 0 Å². The molecular weight excluding hydrogens is 379 g/mol. The molecule has 29 heavy (non-hydrogen) atoms. The van der Waals surface area contributed by atoms with Gasteiger partial charge >= 0.3 is 5.97 Å². The molecule has 0 saturated heterocycles. The van der Waals surface area contributed by atoms with E-state index in [0.29, 0.717) is 17.0 Å². The fourth-order valence-corrected chi connectivity index (χ4v) is 2.90. The molecule has 0 bridgehead atoms. The molecule has 0 fully saturated rings. The van der Waals surface area contributed by atoms with E-state index in [1.54, 1.807) is 18.2 Å². The van der Waals surface area contributed by atoms with Crippen molar-refractivity contribution in [2.24, 2.45) is 0 Å². The molecule has 9 nitrogen and oxygen atoms in total. The molecule has 0 aliphatic carbocycles. The summed E-state index contributed by atoms with van der Waals surface area (Å²) < 4.78 is 19.5. The molecule has 4 aromatic rings. The van der Waals surface area contributed by atoms with Gasteiger partial charge in [0.2, 0.25) is 5.95 Å². The Bertz CT molecular complexity index is 1180. The average Bonchev–Trinajstić information content (AvgIpc) is 3.33. The smallest absolute Gasteiger partial charge is 0.355 e. The topological polar surface area (TPSA) is 117 Å². The van der Waals surface area contributed by atoms with Crippen molar-refractivity contribution in [2.45, 2.75) is 13.0 Å². The summed E-state index contributed by atoms with van der Waals surface area (Å²) in [5.74, 6) is -0.227. The number of benzene rings is 1. The molecule has 148 valence electrons. The van der Waals surface area contributed by atoms with Crippen LogP contribution in [0, 0.1) is 12.7 Å². The van der Waals surface area contributed by atoms with E-state index < -0.39 is 17.9 Å². The highest BCUT2D eigenvalue weighted by molar-refractivity contribution is 5.89. The third kappa shape index (κ3) is 3.52. The normalized spacial score (nSPS) is 12.1. The predicted octanol–water partition coefficient (Wildman–Crippen LogP) is 2.51. The van der Waals surface area contributed by atoms with E-state index >= 15 is 0 Å². The number of nitrogens with zero attached hydrogens (tertiary/aromatic N) is 4. The molecule has 0 aliphatic rings. The Labute approximate surface area is 164 Å². The van der Waals surface area contributed by atoms with Crippen LogP contribution in [0.2, 0.25) is 0 Å². The zero-order chi connectivity index (χ0) is 20.5. The zero-order valence-electron chi connectivity index (χ0n) is 15.5. The molecule has 10 heteroatoms. The molecule has 0 aliphatic heterocycles. The Balaban J connectivity index is 1.84. The second-order valence-electron chi connectivity index (χ2n) is 6.32. The maximum absolute atomic E-state index is 13.2. The zero-order valence-corrected chi connectivity index (χ0v) is 15.5. The molecule has 3 aromatic heterocycles. The number of aromatic amines is 1. The Hall–Kier alpha value is -3.79. The molecule has 0 radical (unpaired) electrons. The SMILES string of the molecule is COC(=O)c1ccc2nc(C(O)c3ccc(F)cc3)nc(Nc3cc(C)[nH]n3)n12. The summed E-state index contributed by atoms with van der Waals surface area (Å²) in [4.78, 5) is 20.9. The van der Waals surface area contributed by atoms with Crippen molar-refractivity contribution in [3.05, 3.63) is 71.1 Å². The number of hydrogen-bond donors (Lipinski definition) is 3. The number of fused-ring (bicyclic) bond motifs is 1. The van der Waals surface area contributed by atoms with Gasteiger partial charge in [-0.25, -0.2) is 14.2 Å². The molecule has 1 unspecified atom stereocenters. The number of anilines is 2. The van der Waals surface area contributed by atoms with Crippen LogP contribution in [0.15, 0.2) is 42.5 Å². The van der Waals surface area contributed by atoms with E-state index in [2.05, 4.69) is 25.5 Å². The molecule has 3 N–H and O–H groups in total. The summed E-state index contributed by atoms with van der Waals surface area (Å²) in [6.07, 6.45) is -1.20. The Kier molecular flexibility index (Phi) is 4.69. The number of halogens is 1. The standard InChI is InChI=1S/C19H17FN6O3/c1-10-9-14(25-24-10)21-19-23-17(16(27)11-3-5-12(20)6-4-11)22-15-8-7-13(26(15)19)18(28)29-2/h3-9,16,27H,1-2H3,(H2,21,22,23,24,25). The van der Waals surface area contributed by atoms with Gasteiger partial charge in [-0.15, -0.1) is 0 Å². The lowest BCUT2D eigenvalue weighted by molar-refractivity contribution is 0.0593. The van der Waals surface area contributed by atoms with E-state index in [-0.39, 0.29) is 17.5 Å². The number of nitrogens with one attached hydrogen (secondary N) is 2. The van der Waals surface area contributed by atoms with Crippen molar-refractivity contribution >= 4 is 23.4 Å². The monoisotopic (exact) mass is 396 g/mol. The minimum Gasteiger partial charge on any atom is -0.464 e. The number of ether oxygens (including phenoxy) is 1. The number of aryl methyl sites for hydroxylation is 1. The molecule has 4 rings (SSSR count). The van der Waals surface area contributed by atoms with E-state index in [1.807, 2.05) is 6.92 Å². The lowest BCUT2D eigenvalue weighted by Gasteiger charge is -2.14. The summed E-state index contributed by atoms with van der Waals surface area (Å²) in [6, 6.07) is 10.3. The van der Waals surface area contributed by atoms with Crippen LogP contribution in [0.1, 0.15) is 33.7 Å².